The molecule has 0 saturated heterocycles. The van der Waals surface area contributed by atoms with Gasteiger partial charge in [0.2, 0.25) is 15.7 Å². The Morgan fingerprint density at radius 2 is 1.78 bits per heavy atom. The minimum absolute atomic E-state index is 0.115. The average Bonchev–Trinajstić information content (AvgIpc) is 3.14. The minimum Gasteiger partial charge on any atom is -0.530 e. The number of hydroxylamine groups is 2. The Balaban J connectivity index is 1.87. The van der Waals surface area contributed by atoms with E-state index in [2.05, 4.69) is 9.71 Å². The highest BCUT2D eigenvalue weighted by atomic mass is 32.2. The van der Waals surface area contributed by atoms with E-state index >= 15 is 0 Å². The highest BCUT2D eigenvalue weighted by molar-refractivity contribution is 7.88. The lowest BCUT2D eigenvalue weighted by atomic mass is 10.0. The number of carboxylic acid groups (broad SMARTS) is 1. The Morgan fingerprint density at radius 1 is 1.10 bits per heavy atom. The largest absolute Gasteiger partial charge is 0.530 e. The zero-order valence-electron chi connectivity index (χ0n) is 25.4. The molecule has 1 unspecified atom stereocenters. The number of pyridine rings is 1. The van der Waals surface area contributed by atoms with Crippen LogP contribution in [0.5, 0.6) is 0 Å². The first kappa shape index (κ1) is 32.9. The number of amidine groups is 1. The van der Waals surface area contributed by atoms with E-state index in [0.717, 1.165) is 42.1 Å². The molecule has 2 heterocycles. The van der Waals surface area contributed by atoms with Gasteiger partial charge in [-0.2, -0.15) is 9.83 Å². The van der Waals surface area contributed by atoms with Crippen molar-refractivity contribution in [2.45, 2.75) is 78.3 Å². The standard InChI is InChI=1S/C29H45N5O6S/c1-8-39-20-25-31-24-19-30-23-16-12-11-15-22(23)26(24)34(25,21-29(5,6)32-41(7,37)38)40-18-14-10-9-13-17-33(27(35)36)28(2,3)4/h11-12,15-16,19,32H,8-10,13-14,17-18,20-21H2,1-7H3. The number of hydrogen-bond donors (Lipinski definition) is 1. The van der Waals surface area contributed by atoms with Gasteiger partial charge in [0.25, 0.3) is 5.84 Å². The number of para-hydroxylation sites is 1. The summed E-state index contributed by atoms with van der Waals surface area (Å²) in [5, 5.41) is 12.4. The van der Waals surface area contributed by atoms with E-state index < -0.39 is 27.2 Å². The Labute approximate surface area is 244 Å². The molecule has 1 amide bonds. The molecule has 0 bridgehead atoms. The fourth-order valence-electron chi connectivity index (χ4n) is 5.35. The number of rotatable bonds is 15. The molecule has 1 N–H and O–H groups in total. The summed E-state index contributed by atoms with van der Waals surface area (Å²) in [4.78, 5) is 29.1. The van der Waals surface area contributed by atoms with Gasteiger partial charge in [0, 0.05) is 18.7 Å². The lowest BCUT2D eigenvalue weighted by molar-refractivity contribution is -0.270. The molecule has 1 aromatic carbocycles. The van der Waals surface area contributed by atoms with Crippen molar-refractivity contribution in [3.05, 3.63) is 30.5 Å². The molecule has 0 fully saturated rings. The third-order valence-corrected chi connectivity index (χ3v) is 7.81. The fourth-order valence-corrected chi connectivity index (χ4v) is 6.42. The molecule has 1 aliphatic rings. The third-order valence-electron chi connectivity index (χ3n) is 6.89. The zero-order valence-corrected chi connectivity index (χ0v) is 26.2. The second-order valence-electron chi connectivity index (χ2n) is 12.2. The van der Waals surface area contributed by atoms with Crippen LogP contribution in [-0.4, -0.2) is 80.5 Å². The molecular weight excluding hydrogens is 546 g/mol. The normalized spacial score (nSPS) is 17.5. The van der Waals surface area contributed by atoms with Gasteiger partial charge in [0.15, 0.2) is 5.69 Å². The van der Waals surface area contributed by atoms with E-state index in [4.69, 9.17) is 14.6 Å². The smallest absolute Gasteiger partial charge is 0.268 e. The van der Waals surface area contributed by atoms with Gasteiger partial charge in [-0.25, -0.2) is 13.1 Å². The second-order valence-corrected chi connectivity index (χ2v) is 13.9. The maximum Gasteiger partial charge on any atom is 0.268 e. The predicted molar refractivity (Wildman–Crippen MR) is 160 cm³/mol. The average molecular weight is 592 g/mol. The molecule has 2 aromatic rings. The number of aliphatic imine (C=N–C) groups is 1. The summed E-state index contributed by atoms with van der Waals surface area (Å²) >= 11 is 0. The van der Waals surface area contributed by atoms with Crippen LogP contribution in [0.2, 0.25) is 0 Å². The number of fused-ring (bicyclic) bond motifs is 3. The summed E-state index contributed by atoms with van der Waals surface area (Å²) in [5.74, 6) is 0.623. The Kier molecular flexibility index (Phi) is 10.5. The molecule has 1 aliphatic heterocycles. The van der Waals surface area contributed by atoms with Crippen LogP contribution in [0.4, 0.5) is 16.2 Å². The monoisotopic (exact) mass is 591 g/mol. The van der Waals surface area contributed by atoms with Crippen molar-refractivity contribution in [3.63, 3.8) is 0 Å². The van der Waals surface area contributed by atoms with Crippen LogP contribution < -0.4 is 14.5 Å². The number of hydrogen-bond acceptors (Lipinski definition) is 8. The molecule has 0 radical (unpaired) electrons. The van der Waals surface area contributed by atoms with Crippen LogP contribution >= 0.6 is 0 Å². The summed E-state index contributed by atoms with van der Waals surface area (Å²) in [6, 6.07) is 7.77. The van der Waals surface area contributed by atoms with Gasteiger partial charge < -0.3 is 19.5 Å². The van der Waals surface area contributed by atoms with Gasteiger partial charge in [-0.15, -0.1) is 0 Å². The van der Waals surface area contributed by atoms with Crippen LogP contribution in [0.1, 0.15) is 67.2 Å². The number of carbonyl (C=O) groups excluding carboxylic acids is 1. The lowest BCUT2D eigenvalue weighted by Gasteiger charge is -2.38. The number of amides is 1. The zero-order chi connectivity index (χ0) is 30.5. The molecule has 1 atom stereocenters. The van der Waals surface area contributed by atoms with Crippen LogP contribution in [0.15, 0.2) is 35.5 Å². The van der Waals surface area contributed by atoms with Crippen molar-refractivity contribution in [3.8, 4) is 0 Å². The number of unbranched alkanes of at least 4 members (excludes halogenated alkanes) is 3. The molecular formula is C29H45N5O6S. The molecule has 0 saturated carbocycles. The van der Waals surface area contributed by atoms with Crippen molar-refractivity contribution in [2.75, 3.05) is 39.2 Å². The van der Waals surface area contributed by atoms with Gasteiger partial charge in [0.05, 0.1) is 28.9 Å². The number of ether oxygens (including phenoxy) is 1. The molecule has 12 heteroatoms. The fraction of sp³-hybridized carbons (Fsp3) is 0.621. The van der Waals surface area contributed by atoms with E-state index in [0.29, 0.717) is 37.7 Å². The maximum atomic E-state index is 12.3. The molecule has 3 rings (SSSR count). The van der Waals surface area contributed by atoms with Gasteiger partial charge in [-0.1, -0.05) is 29.6 Å². The van der Waals surface area contributed by atoms with Gasteiger partial charge >= 0.3 is 0 Å². The Morgan fingerprint density at radius 3 is 2.41 bits per heavy atom. The number of carbonyl (C=O) groups is 1. The van der Waals surface area contributed by atoms with Gasteiger partial charge in [-0.05, 0) is 66.5 Å². The second kappa shape index (κ2) is 13.1. The highest BCUT2D eigenvalue weighted by Gasteiger charge is 2.52. The van der Waals surface area contributed by atoms with Crippen LogP contribution in [0.25, 0.3) is 10.9 Å². The van der Waals surface area contributed by atoms with E-state index in [9.17, 15) is 18.3 Å². The Bertz CT molecular complexity index is 1360. The summed E-state index contributed by atoms with van der Waals surface area (Å²) in [7, 11) is -3.51. The number of quaternary nitrogens is 1. The highest BCUT2D eigenvalue weighted by Crippen LogP contribution is 2.46. The van der Waals surface area contributed by atoms with E-state index in [1.54, 1.807) is 6.20 Å². The molecule has 11 nitrogen and oxygen atoms in total. The quantitative estimate of drug-likeness (QED) is 0.245. The van der Waals surface area contributed by atoms with Gasteiger partial charge in [-0.3, -0.25) is 4.98 Å². The van der Waals surface area contributed by atoms with Crippen LogP contribution in [-0.2, 0) is 19.6 Å². The first-order chi connectivity index (χ1) is 19.1. The molecule has 228 valence electrons. The van der Waals surface area contributed by atoms with Gasteiger partial charge in [0.1, 0.15) is 25.9 Å². The lowest BCUT2D eigenvalue weighted by Crippen LogP contribution is -2.63. The number of nitrogens with zero attached hydrogens (tertiary/aromatic N) is 4. The number of sulfonamides is 1. The molecule has 41 heavy (non-hydrogen) atoms. The topological polar surface area (TPSA) is 133 Å². The van der Waals surface area contributed by atoms with Crippen molar-refractivity contribution >= 4 is 44.2 Å². The third kappa shape index (κ3) is 8.45. The van der Waals surface area contributed by atoms with Crippen molar-refractivity contribution < 1.29 is 27.9 Å². The first-order valence-corrected chi connectivity index (χ1v) is 16.0. The van der Waals surface area contributed by atoms with E-state index in [1.165, 1.54) is 4.90 Å². The Hall–Kier alpha value is -2.64. The van der Waals surface area contributed by atoms with Crippen molar-refractivity contribution in [2.24, 2.45) is 4.99 Å². The van der Waals surface area contributed by atoms with Crippen LogP contribution in [0, 0.1) is 0 Å². The number of benzene rings is 1. The summed E-state index contributed by atoms with van der Waals surface area (Å²) < 4.78 is 33.0. The molecule has 1 aromatic heterocycles. The van der Waals surface area contributed by atoms with E-state index in [1.807, 2.05) is 65.8 Å². The minimum atomic E-state index is -3.51. The number of aromatic nitrogens is 1. The maximum absolute atomic E-state index is 12.3. The first-order valence-electron chi connectivity index (χ1n) is 14.1. The number of nitrogens with one attached hydrogen (secondary N) is 1. The predicted octanol–water partition coefficient (Wildman–Crippen LogP) is 3.89. The summed E-state index contributed by atoms with van der Waals surface area (Å²) in [6.45, 7) is 12.8. The van der Waals surface area contributed by atoms with Crippen molar-refractivity contribution in [1.29, 1.82) is 0 Å². The SMILES string of the molecule is CCOCC1=Nc2cnc3ccccc3c2[N+]1(CC(C)(C)NS(C)(=O)=O)OCCCCCCN(C(=O)[O-])C(C)(C)C. The van der Waals surface area contributed by atoms with Crippen LogP contribution in [0.3, 0.4) is 0 Å². The molecule has 0 aliphatic carbocycles. The summed E-state index contributed by atoms with van der Waals surface area (Å²) in [5.41, 5.74) is 0.855. The van der Waals surface area contributed by atoms with E-state index in [-0.39, 0.29) is 17.8 Å². The summed E-state index contributed by atoms with van der Waals surface area (Å²) in [6.07, 6.45) is 4.81. The molecule has 0 spiro atoms. The van der Waals surface area contributed by atoms with Crippen molar-refractivity contribution in [1.82, 2.24) is 19.3 Å².